The molecule has 0 aliphatic rings. The molecular weight excluding hydrogens is 296 g/mol. The number of halogens is 1. The van der Waals surface area contributed by atoms with Gasteiger partial charge in [-0.05, 0) is 40.5 Å². The van der Waals surface area contributed by atoms with Gasteiger partial charge in [0.05, 0.1) is 6.26 Å². The summed E-state index contributed by atoms with van der Waals surface area (Å²) in [4.78, 5) is 0. The van der Waals surface area contributed by atoms with Crippen LogP contribution >= 0.6 is 15.9 Å². The average Bonchev–Trinajstić information content (AvgIpc) is 2.95. The molecule has 0 aliphatic carbocycles. The van der Waals surface area contributed by atoms with E-state index >= 15 is 0 Å². The largest absolute Gasteiger partial charge is 0.458 e. The SMILES string of the molecule is Cc1cccc2cc(C(O)c3ccoc3Br)oc12. The molecule has 1 N–H and O–H groups in total. The monoisotopic (exact) mass is 306 g/mol. The standard InChI is InChI=1S/C14H11BrO3/c1-8-3-2-4-9-7-11(18-13(8)9)12(16)10-5-6-17-14(10)15/h2-7,12,16H,1H3. The lowest BCUT2D eigenvalue weighted by atomic mass is 10.1. The highest BCUT2D eigenvalue weighted by molar-refractivity contribution is 9.10. The van der Waals surface area contributed by atoms with Crippen LogP contribution in [0.5, 0.6) is 0 Å². The lowest BCUT2D eigenvalue weighted by Crippen LogP contribution is -1.96. The zero-order valence-electron chi connectivity index (χ0n) is 9.68. The van der Waals surface area contributed by atoms with Crippen LogP contribution in [0, 0.1) is 6.92 Å². The molecule has 18 heavy (non-hydrogen) atoms. The Labute approximate surface area is 112 Å². The quantitative estimate of drug-likeness (QED) is 0.772. The van der Waals surface area contributed by atoms with E-state index in [1.165, 1.54) is 6.26 Å². The van der Waals surface area contributed by atoms with Gasteiger partial charge in [0.25, 0.3) is 0 Å². The first-order chi connectivity index (χ1) is 8.66. The van der Waals surface area contributed by atoms with E-state index in [0.29, 0.717) is 16.0 Å². The van der Waals surface area contributed by atoms with E-state index in [4.69, 9.17) is 8.83 Å². The van der Waals surface area contributed by atoms with Crippen molar-refractivity contribution in [3.63, 3.8) is 0 Å². The Kier molecular flexibility index (Phi) is 2.76. The van der Waals surface area contributed by atoms with Gasteiger partial charge in [-0.25, -0.2) is 0 Å². The predicted octanol–water partition coefficient (Wildman–Crippen LogP) is 4.18. The van der Waals surface area contributed by atoms with Gasteiger partial charge in [-0.2, -0.15) is 0 Å². The smallest absolute Gasteiger partial charge is 0.175 e. The minimum atomic E-state index is -0.829. The lowest BCUT2D eigenvalue weighted by Gasteiger charge is -2.04. The molecule has 0 radical (unpaired) electrons. The summed E-state index contributed by atoms with van der Waals surface area (Å²) in [6.07, 6.45) is 0.696. The van der Waals surface area contributed by atoms with Crippen molar-refractivity contribution < 1.29 is 13.9 Å². The molecule has 0 fully saturated rings. The predicted molar refractivity (Wildman–Crippen MR) is 71.4 cm³/mol. The van der Waals surface area contributed by atoms with Gasteiger partial charge in [-0.3, -0.25) is 0 Å². The summed E-state index contributed by atoms with van der Waals surface area (Å²) in [5.41, 5.74) is 2.52. The summed E-state index contributed by atoms with van der Waals surface area (Å²) in [7, 11) is 0. The van der Waals surface area contributed by atoms with Crippen molar-refractivity contribution in [2.24, 2.45) is 0 Å². The summed E-state index contributed by atoms with van der Waals surface area (Å²) < 4.78 is 11.4. The maximum atomic E-state index is 10.3. The maximum absolute atomic E-state index is 10.3. The van der Waals surface area contributed by atoms with Gasteiger partial charge in [0.15, 0.2) is 4.67 Å². The molecule has 2 heterocycles. The molecule has 4 heteroatoms. The molecule has 0 saturated heterocycles. The number of aliphatic hydroxyl groups excluding tert-OH is 1. The third kappa shape index (κ3) is 1.78. The summed E-state index contributed by atoms with van der Waals surface area (Å²) in [5, 5.41) is 11.3. The second-order valence-corrected chi connectivity index (χ2v) is 4.91. The summed E-state index contributed by atoms with van der Waals surface area (Å²) in [5.74, 6) is 0.515. The molecule has 0 aliphatic heterocycles. The zero-order valence-corrected chi connectivity index (χ0v) is 11.3. The van der Waals surface area contributed by atoms with Crippen LogP contribution in [0.1, 0.15) is 23.0 Å². The number of rotatable bonds is 2. The van der Waals surface area contributed by atoms with Crippen LogP contribution < -0.4 is 0 Å². The number of aryl methyl sites for hydroxylation is 1. The van der Waals surface area contributed by atoms with Gasteiger partial charge in [-0.1, -0.05) is 18.2 Å². The average molecular weight is 307 g/mol. The van der Waals surface area contributed by atoms with Crippen molar-refractivity contribution in [1.82, 2.24) is 0 Å². The highest BCUT2D eigenvalue weighted by Crippen LogP contribution is 2.33. The van der Waals surface area contributed by atoms with E-state index in [9.17, 15) is 5.11 Å². The highest BCUT2D eigenvalue weighted by atomic mass is 79.9. The van der Waals surface area contributed by atoms with Gasteiger partial charge in [0.2, 0.25) is 0 Å². The van der Waals surface area contributed by atoms with Gasteiger partial charge < -0.3 is 13.9 Å². The van der Waals surface area contributed by atoms with E-state index in [1.54, 1.807) is 6.07 Å². The van der Waals surface area contributed by atoms with Crippen LogP contribution in [0.2, 0.25) is 0 Å². The molecular formula is C14H11BrO3. The minimum absolute atomic E-state index is 0.515. The topological polar surface area (TPSA) is 46.5 Å². The Morgan fingerprint density at radius 3 is 2.78 bits per heavy atom. The van der Waals surface area contributed by atoms with E-state index in [-0.39, 0.29) is 0 Å². The van der Waals surface area contributed by atoms with Crippen LogP contribution in [0.15, 0.2) is 50.1 Å². The number of aliphatic hydroxyl groups is 1. The minimum Gasteiger partial charge on any atom is -0.458 e. The Balaban J connectivity index is 2.10. The molecule has 1 unspecified atom stereocenters. The summed E-state index contributed by atoms with van der Waals surface area (Å²) in [6, 6.07) is 9.49. The normalized spacial score (nSPS) is 13.1. The molecule has 92 valence electrons. The fourth-order valence-corrected chi connectivity index (χ4v) is 2.47. The number of hydrogen-bond acceptors (Lipinski definition) is 3. The van der Waals surface area contributed by atoms with Crippen molar-refractivity contribution in [3.05, 3.63) is 58.2 Å². The van der Waals surface area contributed by atoms with E-state index < -0.39 is 6.10 Å². The van der Waals surface area contributed by atoms with E-state index in [0.717, 1.165) is 16.5 Å². The van der Waals surface area contributed by atoms with Gasteiger partial charge in [-0.15, -0.1) is 0 Å². The number of para-hydroxylation sites is 1. The fraction of sp³-hybridized carbons (Fsp3) is 0.143. The molecule has 3 rings (SSSR count). The third-order valence-corrected chi connectivity index (χ3v) is 3.61. The summed E-state index contributed by atoms with van der Waals surface area (Å²) in [6.45, 7) is 1.98. The Bertz CT molecular complexity index is 696. The van der Waals surface area contributed by atoms with Crippen molar-refractivity contribution in [2.75, 3.05) is 0 Å². The van der Waals surface area contributed by atoms with Crippen LogP contribution in [-0.4, -0.2) is 5.11 Å². The molecule has 3 nitrogen and oxygen atoms in total. The molecule has 1 aromatic carbocycles. The van der Waals surface area contributed by atoms with Crippen LogP contribution in [0.25, 0.3) is 11.0 Å². The Morgan fingerprint density at radius 1 is 1.28 bits per heavy atom. The van der Waals surface area contributed by atoms with Gasteiger partial charge in [0.1, 0.15) is 17.4 Å². The Hall–Kier alpha value is -1.52. The molecule has 3 aromatic rings. The van der Waals surface area contributed by atoms with Crippen molar-refractivity contribution in [3.8, 4) is 0 Å². The molecule has 2 aromatic heterocycles. The first-order valence-electron chi connectivity index (χ1n) is 5.57. The highest BCUT2D eigenvalue weighted by Gasteiger charge is 2.20. The van der Waals surface area contributed by atoms with Gasteiger partial charge in [0, 0.05) is 10.9 Å². The molecule has 0 amide bonds. The van der Waals surface area contributed by atoms with E-state index in [1.807, 2.05) is 31.2 Å². The number of benzene rings is 1. The number of hydrogen-bond donors (Lipinski definition) is 1. The number of fused-ring (bicyclic) bond motifs is 1. The molecule has 0 spiro atoms. The molecule has 0 saturated carbocycles. The van der Waals surface area contributed by atoms with Crippen molar-refractivity contribution in [1.29, 1.82) is 0 Å². The van der Waals surface area contributed by atoms with Crippen molar-refractivity contribution >= 4 is 26.9 Å². The second-order valence-electron chi connectivity index (χ2n) is 4.19. The van der Waals surface area contributed by atoms with Crippen LogP contribution in [0.4, 0.5) is 0 Å². The fourth-order valence-electron chi connectivity index (χ4n) is 2.02. The van der Waals surface area contributed by atoms with Crippen LogP contribution in [0.3, 0.4) is 0 Å². The van der Waals surface area contributed by atoms with Crippen LogP contribution in [-0.2, 0) is 0 Å². The lowest BCUT2D eigenvalue weighted by molar-refractivity contribution is 0.190. The maximum Gasteiger partial charge on any atom is 0.175 e. The Morgan fingerprint density at radius 2 is 2.11 bits per heavy atom. The number of furan rings is 2. The first kappa shape index (κ1) is 11.6. The molecule has 1 atom stereocenters. The van der Waals surface area contributed by atoms with Crippen molar-refractivity contribution in [2.45, 2.75) is 13.0 Å². The van der Waals surface area contributed by atoms with E-state index in [2.05, 4.69) is 15.9 Å². The van der Waals surface area contributed by atoms with Gasteiger partial charge >= 0.3 is 0 Å². The second kappa shape index (κ2) is 4.30. The zero-order chi connectivity index (χ0) is 12.7. The third-order valence-electron chi connectivity index (χ3n) is 2.97. The summed E-state index contributed by atoms with van der Waals surface area (Å²) >= 11 is 3.25. The molecule has 0 bridgehead atoms. The first-order valence-corrected chi connectivity index (χ1v) is 6.36.